The van der Waals surface area contributed by atoms with E-state index in [9.17, 15) is 4.79 Å². The van der Waals surface area contributed by atoms with Crippen LogP contribution in [0.3, 0.4) is 0 Å². The molecule has 0 radical (unpaired) electrons. The zero-order valence-electron chi connectivity index (χ0n) is 16.4. The summed E-state index contributed by atoms with van der Waals surface area (Å²) in [5, 5.41) is 4.56. The van der Waals surface area contributed by atoms with Crippen molar-refractivity contribution >= 4 is 17.3 Å². The van der Waals surface area contributed by atoms with E-state index >= 15 is 0 Å². The van der Waals surface area contributed by atoms with Gasteiger partial charge in [0, 0.05) is 25.0 Å². The van der Waals surface area contributed by atoms with Crippen LogP contribution in [0.5, 0.6) is 5.75 Å². The number of hydrogen-bond acceptors (Lipinski definition) is 5. The molecule has 7 heteroatoms. The number of carbonyl (C=O) groups excluding carboxylic acids is 1. The van der Waals surface area contributed by atoms with E-state index < -0.39 is 0 Å². The highest BCUT2D eigenvalue weighted by Crippen LogP contribution is 2.33. The fourth-order valence-corrected chi connectivity index (χ4v) is 3.55. The number of anilines is 2. The highest BCUT2D eigenvalue weighted by atomic mass is 16.5. The van der Waals surface area contributed by atoms with Gasteiger partial charge in [-0.2, -0.15) is 5.10 Å². The molecular formula is C22H24N4O3. The monoisotopic (exact) mass is 392 g/mol. The lowest BCUT2D eigenvalue weighted by Gasteiger charge is -2.29. The largest absolute Gasteiger partial charge is 0.487 e. The van der Waals surface area contributed by atoms with Crippen molar-refractivity contribution < 1.29 is 14.3 Å². The first-order valence-corrected chi connectivity index (χ1v) is 9.65. The first kappa shape index (κ1) is 19.0. The van der Waals surface area contributed by atoms with Gasteiger partial charge in [0.1, 0.15) is 6.61 Å². The van der Waals surface area contributed by atoms with Crippen LogP contribution in [0.25, 0.3) is 5.69 Å². The molecule has 2 aromatic carbocycles. The van der Waals surface area contributed by atoms with Crippen molar-refractivity contribution in [1.29, 1.82) is 0 Å². The Balaban J connectivity index is 1.71. The van der Waals surface area contributed by atoms with Crippen molar-refractivity contribution in [3.63, 3.8) is 0 Å². The molecule has 0 fully saturated rings. The molecule has 3 aromatic rings. The third kappa shape index (κ3) is 3.82. The molecule has 4 rings (SSSR count). The molecule has 1 aliphatic heterocycles. The lowest BCUT2D eigenvalue weighted by atomic mass is 9.99. The van der Waals surface area contributed by atoms with Gasteiger partial charge in [-0.05, 0) is 42.7 Å². The highest BCUT2D eigenvalue weighted by molar-refractivity contribution is 6.07. The topological polar surface area (TPSA) is 82.6 Å². The summed E-state index contributed by atoms with van der Waals surface area (Å²) in [6.45, 7) is 1.37. The van der Waals surface area contributed by atoms with Crippen LogP contribution >= 0.6 is 0 Å². The molecule has 7 nitrogen and oxygen atoms in total. The predicted octanol–water partition coefficient (Wildman–Crippen LogP) is 3.07. The van der Waals surface area contributed by atoms with Crippen LogP contribution in [0.1, 0.15) is 22.5 Å². The number of aromatic nitrogens is 2. The molecule has 0 saturated heterocycles. The van der Waals surface area contributed by atoms with Gasteiger partial charge in [0.25, 0.3) is 5.91 Å². The predicted molar refractivity (Wildman–Crippen MR) is 112 cm³/mol. The Morgan fingerprint density at radius 3 is 2.76 bits per heavy atom. The fourth-order valence-electron chi connectivity index (χ4n) is 3.55. The normalized spacial score (nSPS) is 13.2. The summed E-state index contributed by atoms with van der Waals surface area (Å²) in [5.74, 6) is 0.241. The number of hydrogen-bond donors (Lipinski definition) is 1. The van der Waals surface area contributed by atoms with Gasteiger partial charge in [0.2, 0.25) is 0 Å². The zero-order valence-corrected chi connectivity index (χ0v) is 16.4. The summed E-state index contributed by atoms with van der Waals surface area (Å²) in [6, 6.07) is 15.3. The molecule has 29 heavy (non-hydrogen) atoms. The second kappa shape index (κ2) is 8.36. The van der Waals surface area contributed by atoms with E-state index in [1.165, 1.54) is 0 Å². The van der Waals surface area contributed by atoms with Gasteiger partial charge < -0.3 is 20.1 Å². The van der Waals surface area contributed by atoms with Crippen LogP contribution in [0, 0.1) is 0 Å². The number of methoxy groups -OCH3 is 1. The Bertz CT molecular complexity index is 1000. The lowest BCUT2D eigenvalue weighted by Crippen LogP contribution is -2.36. The molecule has 2 N–H and O–H groups in total. The van der Waals surface area contributed by atoms with Crippen LogP contribution in [0.2, 0.25) is 0 Å². The van der Waals surface area contributed by atoms with Gasteiger partial charge in [-0.3, -0.25) is 4.79 Å². The average molecular weight is 392 g/mol. The second-order valence-electron chi connectivity index (χ2n) is 6.87. The third-order valence-electron chi connectivity index (χ3n) is 4.98. The molecule has 0 aliphatic carbocycles. The SMILES string of the molecule is COCCOc1cn(-c2ccccc2)nc1C(=O)N1CCCc2c(N)cccc21. The van der Waals surface area contributed by atoms with Crippen molar-refractivity contribution in [2.24, 2.45) is 0 Å². The lowest BCUT2D eigenvalue weighted by molar-refractivity contribution is 0.0972. The van der Waals surface area contributed by atoms with Gasteiger partial charge in [-0.1, -0.05) is 24.3 Å². The molecule has 1 aliphatic rings. The summed E-state index contributed by atoms with van der Waals surface area (Å²) in [4.78, 5) is 15.2. The Morgan fingerprint density at radius 2 is 1.97 bits per heavy atom. The highest BCUT2D eigenvalue weighted by Gasteiger charge is 2.29. The van der Waals surface area contributed by atoms with Crippen LogP contribution in [0.15, 0.2) is 54.7 Å². The number of carbonyl (C=O) groups is 1. The van der Waals surface area contributed by atoms with Crippen molar-refractivity contribution in [1.82, 2.24) is 9.78 Å². The van der Waals surface area contributed by atoms with Gasteiger partial charge in [-0.25, -0.2) is 4.68 Å². The Kier molecular flexibility index (Phi) is 5.48. The average Bonchev–Trinajstić information content (AvgIpc) is 3.18. The van der Waals surface area contributed by atoms with Gasteiger partial charge in [0.15, 0.2) is 11.4 Å². The standard InChI is InChI=1S/C22H24N4O3/c1-28-13-14-29-20-15-26(16-7-3-2-4-8-16)24-21(20)22(27)25-12-6-9-17-18(23)10-5-11-19(17)25/h2-5,7-8,10-11,15H,6,9,12-14,23H2,1H3. The number of benzene rings is 2. The molecule has 0 saturated carbocycles. The number of rotatable bonds is 6. The maximum absolute atomic E-state index is 13.5. The summed E-state index contributed by atoms with van der Waals surface area (Å²) < 4.78 is 12.6. The number of amides is 1. The Morgan fingerprint density at radius 1 is 1.14 bits per heavy atom. The molecule has 1 amide bonds. The summed E-state index contributed by atoms with van der Waals surface area (Å²) in [7, 11) is 1.61. The van der Waals surface area contributed by atoms with Crippen LogP contribution < -0.4 is 15.4 Å². The molecule has 0 spiro atoms. The molecule has 0 bridgehead atoms. The molecule has 1 aromatic heterocycles. The second-order valence-corrected chi connectivity index (χ2v) is 6.87. The molecule has 150 valence electrons. The molecule has 0 atom stereocenters. The molecular weight excluding hydrogens is 368 g/mol. The quantitative estimate of drug-likeness (QED) is 0.515. The first-order valence-electron chi connectivity index (χ1n) is 9.65. The number of para-hydroxylation sites is 1. The van der Waals surface area contributed by atoms with Gasteiger partial charge in [0.05, 0.1) is 18.5 Å². The summed E-state index contributed by atoms with van der Waals surface area (Å²) in [5.41, 5.74) is 9.84. The van der Waals surface area contributed by atoms with Gasteiger partial charge >= 0.3 is 0 Å². The van der Waals surface area contributed by atoms with E-state index in [-0.39, 0.29) is 11.6 Å². The zero-order chi connectivity index (χ0) is 20.2. The summed E-state index contributed by atoms with van der Waals surface area (Å²) >= 11 is 0. The number of fused-ring (bicyclic) bond motifs is 1. The molecule has 2 heterocycles. The summed E-state index contributed by atoms with van der Waals surface area (Å²) in [6.07, 6.45) is 3.45. The number of nitrogen functional groups attached to an aromatic ring is 1. The third-order valence-corrected chi connectivity index (χ3v) is 4.98. The Labute approximate surface area is 169 Å². The minimum absolute atomic E-state index is 0.196. The fraction of sp³-hybridized carbons (Fsp3) is 0.273. The van der Waals surface area contributed by atoms with E-state index in [0.29, 0.717) is 31.2 Å². The maximum Gasteiger partial charge on any atom is 0.282 e. The molecule has 0 unspecified atom stereocenters. The van der Waals surface area contributed by atoms with Crippen molar-refractivity contribution in [2.45, 2.75) is 12.8 Å². The van der Waals surface area contributed by atoms with E-state index in [1.807, 2.05) is 48.5 Å². The van der Waals surface area contributed by atoms with Crippen LogP contribution in [-0.4, -0.2) is 42.6 Å². The number of nitrogens with zero attached hydrogens (tertiary/aromatic N) is 3. The number of nitrogens with two attached hydrogens (primary N) is 1. The first-order chi connectivity index (χ1) is 14.2. The van der Waals surface area contributed by atoms with E-state index in [0.717, 1.165) is 29.8 Å². The van der Waals surface area contributed by atoms with E-state index in [4.69, 9.17) is 15.2 Å². The van der Waals surface area contributed by atoms with E-state index in [2.05, 4.69) is 5.10 Å². The van der Waals surface area contributed by atoms with Crippen molar-refractivity contribution in [2.75, 3.05) is 37.5 Å². The Hall–Kier alpha value is -3.32. The van der Waals surface area contributed by atoms with Crippen LogP contribution in [0.4, 0.5) is 11.4 Å². The minimum Gasteiger partial charge on any atom is -0.487 e. The van der Waals surface area contributed by atoms with Crippen LogP contribution in [-0.2, 0) is 11.2 Å². The minimum atomic E-state index is -0.196. The smallest absolute Gasteiger partial charge is 0.282 e. The number of ether oxygens (including phenoxy) is 2. The maximum atomic E-state index is 13.5. The van der Waals surface area contributed by atoms with Gasteiger partial charge in [-0.15, -0.1) is 0 Å². The van der Waals surface area contributed by atoms with Crippen molar-refractivity contribution in [3.05, 3.63) is 66.0 Å². The van der Waals surface area contributed by atoms with Crippen molar-refractivity contribution in [3.8, 4) is 11.4 Å². The van der Waals surface area contributed by atoms with E-state index in [1.54, 1.807) is 22.9 Å².